The Morgan fingerprint density at radius 2 is 1.50 bits per heavy atom. The topological polar surface area (TPSA) is 75.3 Å². The fraction of sp³-hybridized carbons (Fsp3) is 0.0952. The monoisotopic (exact) mass is 526 g/mol. The molecular formula is C21H17BrCl2N2O3S. The molecule has 0 spiro atoms. The lowest BCUT2D eigenvalue weighted by Gasteiger charge is -2.20. The van der Waals surface area contributed by atoms with Crippen molar-refractivity contribution in [2.45, 2.75) is 17.4 Å². The Hall–Kier alpha value is -1.90. The van der Waals surface area contributed by atoms with E-state index in [0.717, 1.165) is 10.0 Å². The Morgan fingerprint density at radius 3 is 2.10 bits per heavy atom. The minimum atomic E-state index is -4.17. The fourth-order valence-electron chi connectivity index (χ4n) is 2.79. The van der Waals surface area contributed by atoms with Gasteiger partial charge in [0.1, 0.15) is 10.9 Å². The van der Waals surface area contributed by atoms with Gasteiger partial charge in [0.2, 0.25) is 15.9 Å². The zero-order valence-corrected chi connectivity index (χ0v) is 19.4. The van der Waals surface area contributed by atoms with Crippen LogP contribution in [0.2, 0.25) is 10.0 Å². The molecule has 0 aliphatic carbocycles. The normalized spacial score (nSPS) is 12.4. The van der Waals surface area contributed by atoms with Gasteiger partial charge >= 0.3 is 0 Å². The molecule has 0 aliphatic rings. The maximum Gasteiger partial charge on any atom is 0.244 e. The maximum absolute atomic E-state index is 13.0. The molecule has 0 saturated heterocycles. The van der Waals surface area contributed by atoms with E-state index in [2.05, 4.69) is 26.0 Å². The Morgan fingerprint density at radius 1 is 0.900 bits per heavy atom. The van der Waals surface area contributed by atoms with E-state index in [9.17, 15) is 13.2 Å². The number of benzene rings is 3. The summed E-state index contributed by atoms with van der Waals surface area (Å²) in [5.74, 6) is -0.507. The largest absolute Gasteiger partial charge is 0.325 e. The smallest absolute Gasteiger partial charge is 0.244 e. The molecule has 2 N–H and O–H groups in total. The minimum absolute atomic E-state index is 0.0261. The van der Waals surface area contributed by atoms with Crippen LogP contribution < -0.4 is 10.0 Å². The van der Waals surface area contributed by atoms with Gasteiger partial charge in [-0.05, 0) is 48.4 Å². The van der Waals surface area contributed by atoms with Gasteiger partial charge in [0, 0.05) is 10.2 Å². The van der Waals surface area contributed by atoms with Crippen LogP contribution in [0.1, 0.15) is 5.56 Å². The Kier molecular flexibility index (Phi) is 7.55. The second-order valence-electron chi connectivity index (χ2n) is 6.41. The predicted molar refractivity (Wildman–Crippen MR) is 123 cm³/mol. The van der Waals surface area contributed by atoms with Crippen LogP contribution in [0.25, 0.3) is 0 Å². The molecule has 9 heteroatoms. The molecule has 1 atom stereocenters. The quantitative estimate of drug-likeness (QED) is 0.438. The molecular weight excluding hydrogens is 511 g/mol. The maximum atomic E-state index is 13.0. The van der Waals surface area contributed by atoms with E-state index in [1.54, 1.807) is 30.3 Å². The van der Waals surface area contributed by atoms with E-state index in [1.165, 1.54) is 12.1 Å². The molecule has 30 heavy (non-hydrogen) atoms. The lowest BCUT2D eigenvalue weighted by atomic mass is 10.1. The molecule has 0 fully saturated rings. The highest BCUT2D eigenvalue weighted by Gasteiger charge is 2.29. The van der Waals surface area contributed by atoms with E-state index in [4.69, 9.17) is 23.2 Å². The molecule has 0 aromatic heterocycles. The first-order valence-corrected chi connectivity index (χ1v) is 11.9. The Labute approximate surface area is 193 Å². The lowest BCUT2D eigenvalue weighted by Crippen LogP contribution is -2.45. The number of rotatable bonds is 7. The SMILES string of the molecule is O=C(Nc1ccc(Br)cc1)[C@@H](Cc1ccccc1)NS(=O)(=O)c1c(Cl)cccc1Cl. The first kappa shape index (κ1) is 22.8. The molecule has 3 rings (SSSR count). The molecule has 0 saturated carbocycles. The summed E-state index contributed by atoms with van der Waals surface area (Å²) in [6.45, 7) is 0. The van der Waals surface area contributed by atoms with E-state index in [1.807, 2.05) is 30.3 Å². The van der Waals surface area contributed by atoms with E-state index in [-0.39, 0.29) is 21.4 Å². The number of nitrogens with one attached hydrogen (secondary N) is 2. The third-order valence-corrected chi connectivity index (χ3v) is 7.15. The highest BCUT2D eigenvalue weighted by atomic mass is 79.9. The van der Waals surface area contributed by atoms with Crippen LogP contribution in [0.15, 0.2) is 82.2 Å². The van der Waals surface area contributed by atoms with Gasteiger partial charge in [0.05, 0.1) is 10.0 Å². The first-order valence-electron chi connectivity index (χ1n) is 8.83. The van der Waals surface area contributed by atoms with Crippen molar-refractivity contribution in [1.82, 2.24) is 4.72 Å². The third-order valence-electron chi connectivity index (χ3n) is 4.20. The van der Waals surface area contributed by atoms with Crippen molar-refractivity contribution in [3.63, 3.8) is 0 Å². The number of halogens is 3. The van der Waals surface area contributed by atoms with Gasteiger partial charge in [-0.3, -0.25) is 4.79 Å². The molecule has 0 aliphatic heterocycles. The summed E-state index contributed by atoms with van der Waals surface area (Å²) in [6, 6.07) is 19.4. The highest BCUT2D eigenvalue weighted by molar-refractivity contribution is 9.10. The van der Waals surface area contributed by atoms with E-state index in [0.29, 0.717) is 5.69 Å². The van der Waals surface area contributed by atoms with Crippen molar-refractivity contribution in [2.24, 2.45) is 0 Å². The van der Waals surface area contributed by atoms with Crippen molar-refractivity contribution in [3.05, 3.63) is 92.9 Å². The Bertz CT molecular complexity index is 1120. The number of carbonyl (C=O) groups is 1. The van der Waals surface area contributed by atoms with Crippen LogP contribution in [0.3, 0.4) is 0 Å². The lowest BCUT2D eigenvalue weighted by molar-refractivity contribution is -0.117. The van der Waals surface area contributed by atoms with Crippen molar-refractivity contribution in [1.29, 1.82) is 0 Å². The van der Waals surface area contributed by atoms with Crippen LogP contribution in [-0.4, -0.2) is 20.4 Å². The van der Waals surface area contributed by atoms with Gasteiger partial charge in [-0.2, -0.15) is 4.72 Å². The minimum Gasteiger partial charge on any atom is -0.325 e. The predicted octanol–water partition coefficient (Wildman–Crippen LogP) is 5.28. The summed E-state index contributed by atoms with van der Waals surface area (Å²) in [7, 11) is -4.17. The fourth-order valence-corrected chi connectivity index (χ4v) is 5.39. The van der Waals surface area contributed by atoms with Crippen LogP contribution in [-0.2, 0) is 21.2 Å². The van der Waals surface area contributed by atoms with Gasteiger partial charge < -0.3 is 5.32 Å². The summed E-state index contributed by atoms with van der Waals surface area (Å²) in [6.07, 6.45) is 0.143. The number of carbonyl (C=O) groups excluding carboxylic acids is 1. The standard InChI is InChI=1S/C21H17BrCl2N2O3S/c22-15-9-11-16(12-10-15)25-21(27)19(13-14-5-2-1-3-6-14)26-30(28,29)20-17(23)7-4-8-18(20)24/h1-12,19,26H,13H2,(H,25,27)/t19-/m1/s1. The molecule has 0 bridgehead atoms. The van der Waals surface area contributed by atoms with Gasteiger partial charge in [-0.25, -0.2) is 8.42 Å². The van der Waals surface area contributed by atoms with Crippen LogP contribution in [0.4, 0.5) is 5.69 Å². The first-order chi connectivity index (χ1) is 14.3. The third kappa shape index (κ3) is 5.83. The molecule has 3 aromatic carbocycles. The second-order valence-corrected chi connectivity index (χ2v) is 9.79. The van der Waals surface area contributed by atoms with Crippen molar-refractivity contribution >= 4 is 60.7 Å². The average Bonchev–Trinajstić information content (AvgIpc) is 2.69. The summed E-state index contributed by atoms with van der Waals surface area (Å²) in [5.41, 5.74) is 1.33. The van der Waals surface area contributed by atoms with Crippen LogP contribution in [0.5, 0.6) is 0 Å². The number of amides is 1. The zero-order chi connectivity index (χ0) is 21.7. The Balaban J connectivity index is 1.90. The zero-order valence-electron chi connectivity index (χ0n) is 15.5. The van der Waals surface area contributed by atoms with Crippen molar-refractivity contribution in [2.75, 3.05) is 5.32 Å². The number of anilines is 1. The van der Waals surface area contributed by atoms with Gasteiger partial charge in [-0.1, -0.05) is 75.5 Å². The molecule has 5 nitrogen and oxygen atoms in total. The van der Waals surface area contributed by atoms with Crippen molar-refractivity contribution < 1.29 is 13.2 Å². The number of sulfonamides is 1. The summed E-state index contributed by atoms with van der Waals surface area (Å²) >= 11 is 15.5. The van der Waals surface area contributed by atoms with Crippen LogP contribution in [0, 0.1) is 0 Å². The summed E-state index contributed by atoms with van der Waals surface area (Å²) in [5, 5.41) is 2.69. The van der Waals surface area contributed by atoms with E-state index < -0.39 is 22.0 Å². The highest BCUT2D eigenvalue weighted by Crippen LogP contribution is 2.29. The molecule has 1 amide bonds. The van der Waals surface area contributed by atoms with Crippen LogP contribution >= 0.6 is 39.1 Å². The number of hydrogen-bond donors (Lipinski definition) is 2. The number of hydrogen-bond acceptors (Lipinski definition) is 3. The van der Waals surface area contributed by atoms with Gasteiger partial charge in [-0.15, -0.1) is 0 Å². The molecule has 156 valence electrons. The van der Waals surface area contributed by atoms with E-state index >= 15 is 0 Å². The summed E-state index contributed by atoms with van der Waals surface area (Å²) < 4.78 is 29.3. The average molecular weight is 528 g/mol. The summed E-state index contributed by atoms with van der Waals surface area (Å²) in [4.78, 5) is 12.7. The van der Waals surface area contributed by atoms with Crippen molar-refractivity contribution in [3.8, 4) is 0 Å². The molecule has 0 heterocycles. The van der Waals surface area contributed by atoms with Gasteiger partial charge in [0.25, 0.3) is 0 Å². The molecule has 0 radical (unpaired) electrons. The molecule has 3 aromatic rings. The molecule has 0 unspecified atom stereocenters. The second kappa shape index (κ2) is 9.94. The van der Waals surface area contributed by atoms with Gasteiger partial charge in [0.15, 0.2) is 0 Å².